The van der Waals surface area contributed by atoms with Gasteiger partial charge in [0.1, 0.15) is 11.2 Å². The van der Waals surface area contributed by atoms with Crippen molar-refractivity contribution in [2.24, 2.45) is 0 Å². The van der Waals surface area contributed by atoms with Crippen LogP contribution in [-0.2, 0) is 10.0 Å². The number of hydrogen-bond donors (Lipinski definition) is 0. The van der Waals surface area contributed by atoms with Gasteiger partial charge in [-0.15, -0.1) is 0 Å². The number of aryl methyl sites for hydroxylation is 1. The molecule has 0 bridgehead atoms. The maximum absolute atomic E-state index is 13.2. The van der Waals surface area contributed by atoms with Gasteiger partial charge in [-0.3, -0.25) is 0 Å². The second kappa shape index (κ2) is 6.39. The molecule has 1 aliphatic rings. The number of piperidine rings is 1. The van der Waals surface area contributed by atoms with Crippen molar-refractivity contribution >= 4 is 21.2 Å². The standard InChI is InChI=1S/C19H20N6O2S/c1-14-10-19-20-13-22-25(19)12-16(14)15-5-8-23(9-6-15)28(26,27)18-11-21-24-7-3-2-4-17(18)24/h2-4,7,10-13,15H,5-6,8-9H2,1H3. The smallest absolute Gasteiger partial charge is 0.240 e. The number of hydrogen-bond acceptors (Lipinski definition) is 5. The van der Waals surface area contributed by atoms with Gasteiger partial charge in [-0.05, 0) is 55.0 Å². The topological polar surface area (TPSA) is 84.9 Å². The molecule has 0 N–H and O–H groups in total. The summed E-state index contributed by atoms with van der Waals surface area (Å²) >= 11 is 0. The first-order valence-electron chi connectivity index (χ1n) is 9.26. The van der Waals surface area contributed by atoms with Gasteiger partial charge in [-0.25, -0.2) is 22.4 Å². The van der Waals surface area contributed by atoms with Crippen molar-refractivity contribution in [2.45, 2.75) is 30.6 Å². The molecule has 1 fully saturated rings. The Balaban J connectivity index is 1.39. The Morgan fingerprint density at radius 2 is 1.93 bits per heavy atom. The van der Waals surface area contributed by atoms with Crippen LogP contribution in [0.25, 0.3) is 11.2 Å². The summed E-state index contributed by atoms with van der Waals surface area (Å²) in [4.78, 5) is 4.49. The summed E-state index contributed by atoms with van der Waals surface area (Å²) in [6.45, 7) is 3.06. The second-order valence-electron chi connectivity index (χ2n) is 7.19. The highest BCUT2D eigenvalue weighted by Crippen LogP contribution is 2.33. The van der Waals surface area contributed by atoms with Crippen LogP contribution in [0.3, 0.4) is 0 Å². The zero-order chi connectivity index (χ0) is 19.3. The molecular weight excluding hydrogens is 376 g/mol. The van der Waals surface area contributed by atoms with Gasteiger partial charge in [0.15, 0.2) is 5.65 Å². The first-order valence-corrected chi connectivity index (χ1v) is 10.7. The van der Waals surface area contributed by atoms with Crippen molar-refractivity contribution in [1.82, 2.24) is 28.5 Å². The van der Waals surface area contributed by atoms with Crippen molar-refractivity contribution < 1.29 is 8.42 Å². The fourth-order valence-electron chi connectivity index (χ4n) is 4.06. The molecule has 0 spiro atoms. The Bertz CT molecular complexity index is 1270. The number of fused-ring (bicyclic) bond motifs is 2. The lowest BCUT2D eigenvalue weighted by molar-refractivity contribution is 0.319. The number of nitrogens with zero attached hydrogens (tertiary/aromatic N) is 6. The fourth-order valence-corrected chi connectivity index (χ4v) is 5.63. The molecule has 5 rings (SSSR count). The summed E-state index contributed by atoms with van der Waals surface area (Å²) in [5, 5.41) is 8.40. The van der Waals surface area contributed by atoms with E-state index in [2.05, 4.69) is 22.1 Å². The van der Waals surface area contributed by atoms with E-state index in [1.165, 1.54) is 17.3 Å². The second-order valence-corrected chi connectivity index (χ2v) is 9.10. The minimum atomic E-state index is -3.56. The van der Waals surface area contributed by atoms with Crippen LogP contribution in [0.15, 0.2) is 54.1 Å². The van der Waals surface area contributed by atoms with E-state index in [1.54, 1.807) is 31.9 Å². The highest BCUT2D eigenvalue weighted by molar-refractivity contribution is 7.89. The average molecular weight is 396 g/mol. The van der Waals surface area contributed by atoms with Crippen LogP contribution in [-0.4, -0.2) is 50.0 Å². The Morgan fingerprint density at radius 3 is 2.75 bits per heavy atom. The minimum Gasteiger partial charge on any atom is -0.240 e. The van der Waals surface area contributed by atoms with E-state index in [1.807, 2.05) is 24.4 Å². The van der Waals surface area contributed by atoms with Crippen molar-refractivity contribution in [1.29, 1.82) is 0 Å². The maximum Gasteiger partial charge on any atom is 0.246 e. The zero-order valence-electron chi connectivity index (χ0n) is 15.4. The summed E-state index contributed by atoms with van der Waals surface area (Å²) in [5.41, 5.74) is 3.82. The molecule has 0 aliphatic carbocycles. The number of aromatic nitrogens is 5. The molecule has 0 aromatic carbocycles. The monoisotopic (exact) mass is 396 g/mol. The largest absolute Gasteiger partial charge is 0.246 e. The van der Waals surface area contributed by atoms with Crippen LogP contribution in [0.1, 0.15) is 29.9 Å². The Kier molecular flexibility index (Phi) is 3.95. The average Bonchev–Trinajstić information content (AvgIpc) is 3.34. The van der Waals surface area contributed by atoms with Crippen molar-refractivity contribution in [3.63, 3.8) is 0 Å². The van der Waals surface area contributed by atoms with E-state index in [-0.39, 0.29) is 4.90 Å². The molecule has 8 nitrogen and oxygen atoms in total. The number of rotatable bonds is 3. The Hall–Kier alpha value is -2.78. The molecule has 1 saturated heterocycles. The van der Waals surface area contributed by atoms with E-state index in [4.69, 9.17) is 0 Å². The lowest BCUT2D eigenvalue weighted by atomic mass is 9.89. The molecule has 0 atom stereocenters. The quantitative estimate of drug-likeness (QED) is 0.530. The normalized spacial score (nSPS) is 16.9. The predicted octanol–water partition coefficient (Wildman–Crippen LogP) is 2.25. The van der Waals surface area contributed by atoms with Crippen LogP contribution >= 0.6 is 0 Å². The third kappa shape index (κ3) is 2.70. The molecular formula is C19H20N6O2S. The van der Waals surface area contributed by atoms with Crippen LogP contribution in [0.5, 0.6) is 0 Å². The summed E-state index contributed by atoms with van der Waals surface area (Å²) < 4.78 is 31.3. The molecule has 9 heteroatoms. The molecule has 0 unspecified atom stereocenters. The molecule has 5 heterocycles. The van der Waals surface area contributed by atoms with Crippen LogP contribution in [0, 0.1) is 6.92 Å². The van der Waals surface area contributed by atoms with Crippen molar-refractivity contribution in [3.05, 3.63) is 60.3 Å². The van der Waals surface area contributed by atoms with Gasteiger partial charge in [0.25, 0.3) is 0 Å². The number of pyridine rings is 2. The first-order chi connectivity index (χ1) is 13.5. The predicted molar refractivity (Wildman–Crippen MR) is 104 cm³/mol. The van der Waals surface area contributed by atoms with Gasteiger partial charge in [0.05, 0.1) is 11.7 Å². The van der Waals surface area contributed by atoms with Crippen LogP contribution in [0.4, 0.5) is 0 Å². The van der Waals surface area contributed by atoms with E-state index in [0.717, 1.165) is 18.5 Å². The highest BCUT2D eigenvalue weighted by Gasteiger charge is 2.32. The van der Waals surface area contributed by atoms with Crippen molar-refractivity contribution in [2.75, 3.05) is 13.1 Å². The molecule has 0 saturated carbocycles. The third-order valence-corrected chi connectivity index (χ3v) is 7.48. The van der Waals surface area contributed by atoms with E-state index in [9.17, 15) is 8.42 Å². The zero-order valence-corrected chi connectivity index (χ0v) is 16.2. The van der Waals surface area contributed by atoms with Gasteiger partial charge in [0.2, 0.25) is 10.0 Å². The summed E-state index contributed by atoms with van der Waals surface area (Å²) in [7, 11) is -3.56. The fraction of sp³-hybridized carbons (Fsp3) is 0.316. The third-order valence-electron chi connectivity index (χ3n) is 5.57. The van der Waals surface area contributed by atoms with Crippen LogP contribution < -0.4 is 0 Å². The van der Waals surface area contributed by atoms with E-state index in [0.29, 0.717) is 24.5 Å². The highest BCUT2D eigenvalue weighted by atomic mass is 32.2. The molecule has 4 aromatic heterocycles. The van der Waals surface area contributed by atoms with Crippen molar-refractivity contribution in [3.8, 4) is 0 Å². The first kappa shape index (κ1) is 17.3. The van der Waals surface area contributed by atoms with Gasteiger partial charge in [-0.2, -0.15) is 14.5 Å². The lowest BCUT2D eigenvalue weighted by Gasteiger charge is -2.31. The summed E-state index contributed by atoms with van der Waals surface area (Å²) in [5.74, 6) is 0.309. The van der Waals surface area contributed by atoms with E-state index < -0.39 is 10.0 Å². The summed E-state index contributed by atoms with van der Waals surface area (Å²) in [6, 6.07) is 7.47. The molecule has 0 amide bonds. The Labute approximate surface area is 162 Å². The van der Waals surface area contributed by atoms with Gasteiger partial charge in [0, 0.05) is 25.5 Å². The summed E-state index contributed by atoms with van der Waals surface area (Å²) in [6.07, 6.45) is 8.32. The maximum atomic E-state index is 13.2. The van der Waals surface area contributed by atoms with Gasteiger partial charge >= 0.3 is 0 Å². The lowest BCUT2D eigenvalue weighted by Crippen LogP contribution is -2.38. The molecule has 144 valence electrons. The molecule has 4 aromatic rings. The Morgan fingerprint density at radius 1 is 1.11 bits per heavy atom. The van der Waals surface area contributed by atoms with Gasteiger partial charge < -0.3 is 0 Å². The number of sulfonamides is 1. The molecule has 1 aliphatic heterocycles. The SMILES string of the molecule is Cc1cc2ncnn2cc1C1CCN(S(=O)(=O)c2cnn3ccccc23)CC1. The van der Waals surface area contributed by atoms with Gasteiger partial charge in [-0.1, -0.05) is 6.07 Å². The molecule has 28 heavy (non-hydrogen) atoms. The van der Waals surface area contributed by atoms with Crippen LogP contribution in [0.2, 0.25) is 0 Å². The molecule has 0 radical (unpaired) electrons. The minimum absolute atomic E-state index is 0.270. The van der Waals surface area contributed by atoms with E-state index >= 15 is 0 Å².